The molecule has 1 amide bonds. The summed E-state index contributed by atoms with van der Waals surface area (Å²) in [5.74, 6) is 0.908. The molecule has 9 heteroatoms. The SMILES string of the molecule is [C-]#[N+]C(C(=O)NC)=C1Sc2c(OC(=O)C3CCC(CCCC)CC3)ccc(OC(=O)C3CCC(CCCC)CC3)c2S1. The van der Waals surface area contributed by atoms with E-state index in [9.17, 15) is 14.4 Å². The maximum absolute atomic E-state index is 13.2. The number of esters is 2. The summed E-state index contributed by atoms with van der Waals surface area (Å²) in [6, 6.07) is 3.36. The summed E-state index contributed by atoms with van der Waals surface area (Å²) in [5, 5.41) is 2.52. The molecule has 228 valence electrons. The predicted octanol–water partition coefficient (Wildman–Crippen LogP) is 8.52. The molecule has 1 heterocycles. The number of nitrogens with zero attached hydrogens (tertiary/aromatic N) is 1. The first-order chi connectivity index (χ1) is 20.4. The number of hydrogen-bond donors (Lipinski definition) is 1. The van der Waals surface area contributed by atoms with Crippen LogP contribution in [0, 0.1) is 30.2 Å². The van der Waals surface area contributed by atoms with Gasteiger partial charge in [-0.25, -0.2) is 4.85 Å². The van der Waals surface area contributed by atoms with Gasteiger partial charge >= 0.3 is 11.9 Å². The van der Waals surface area contributed by atoms with E-state index in [0.29, 0.717) is 37.4 Å². The largest absolute Gasteiger partial charge is 0.425 e. The van der Waals surface area contributed by atoms with Crippen molar-refractivity contribution in [2.45, 2.75) is 114 Å². The molecule has 0 radical (unpaired) electrons. The van der Waals surface area contributed by atoms with Gasteiger partial charge in [0.15, 0.2) is 0 Å². The highest BCUT2D eigenvalue weighted by molar-refractivity contribution is 8.24. The second-order valence-electron chi connectivity index (χ2n) is 11.8. The van der Waals surface area contributed by atoms with Crippen molar-refractivity contribution in [3.05, 3.63) is 33.5 Å². The Morgan fingerprint density at radius 2 is 1.24 bits per heavy atom. The molecule has 2 fully saturated rings. The number of ether oxygens (including phenoxy) is 2. The van der Waals surface area contributed by atoms with Gasteiger partial charge in [-0.1, -0.05) is 75.9 Å². The number of thioether (sulfide) groups is 2. The van der Waals surface area contributed by atoms with Gasteiger partial charge in [-0.05, 0) is 75.3 Å². The number of nitrogens with one attached hydrogen (secondary N) is 1. The molecule has 0 atom stereocenters. The van der Waals surface area contributed by atoms with Crippen molar-refractivity contribution in [1.29, 1.82) is 0 Å². The summed E-state index contributed by atoms with van der Waals surface area (Å²) in [7, 11) is 1.49. The Hall–Kier alpha value is -2.44. The molecule has 42 heavy (non-hydrogen) atoms. The van der Waals surface area contributed by atoms with Crippen molar-refractivity contribution in [2.24, 2.45) is 23.7 Å². The summed E-state index contributed by atoms with van der Waals surface area (Å²) >= 11 is 2.44. The van der Waals surface area contributed by atoms with Crippen molar-refractivity contribution in [3.8, 4) is 11.5 Å². The van der Waals surface area contributed by atoms with Crippen LogP contribution in [-0.4, -0.2) is 24.9 Å². The fourth-order valence-corrected chi connectivity index (χ4v) is 8.80. The van der Waals surface area contributed by atoms with E-state index in [1.165, 1.54) is 69.1 Å². The lowest BCUT2D eigenvalue weighted by Crippen LogP contribution is -2.26. The number of hydrogen-bond acceptors (Lipinski definition) is 7. The summed E-state index contributed by atoms with van der Waals surface area (Å²) < 4.78 is 12.4. The number of carbonyl (C=O) groups excluding carboxylic acids is 3. The molecular weight excluding hydrogens is 569 g/mol. The third kappa shape index (κ3) is 8.13. The molecule has 0 spiro atoms. The van der Waals surface area contributed by atoms with Crippen molar-refractivity contribution in [3.63, 3.8) is 0 Å². The molecule has 1 aromatic rings. The zero-order valence-electron chi connectivity index (χ0n) is 25.2. The minimum Gasteiger partial charge on any atom is -0.425 e. The van der Waals surface area contributed by atoms with Crippen molar-refractivity contribution >= 4 is 41.4 Å². The van der Waals surface area contributed by atoms with Gasteiger partial charge < -0.3 is 14.8 Å². The van der Waals surface area contributed by atoms with Crippen LogP contribution in [0.15, 0.2) is 31.9 Å². The van der Waals surface area contributed by atoms with E-state index in [2.05, 4.69) is 24.0 Å². The predicted molar refractivity (Wildman–Crippen MR) is 167 cm³/mol. The Morgan fingerprint density at radius 1 is 0.810 bits per heavy atom. The number of benzene rings is 1. The molecule has 0 saturated heterocycles. The zero-order chi connectivity index (χ0) is 30.1. The first-order valence-corrected chi connectivity index (χ1v) is 17.3. The van der Waals surface area contributed by atoms with Crippen LogP contribution in [0.3, 0.4) is 0 Å². The lowest BCUT2D eigenvalue weighted by Gasteiger charge is -2.27. The second-order valence-corrected chi connectivity index (χ2v) is 14.1. The highest BCUT2D eigenvalue weighted by Gasteiger charge is 2.35. The fourth-order valence-electron chi connectivity index (χ4n) is 6.23. The van der Waals surface area contributed by atoms with E-state index in [1.807, 2.05) is 0 Å². The van der Waals surface area contributed by atoms with E-state index in [4.69, 9.17) is 16.0 Å². The molecule has 0 bridgehead atoms. The average Bonchev–Trinajstić information content (AvgIpc) is 3.46. The third-order valence-corrected chi connectivity index (χ3v) is 11.5. The Kier molecular flexibility index (Phi) is 12.3. The molecule has 4 rings (SSSR count). The highest BCUT2D eigenvalue weighted by Crippen LogP contribution is 2.59. The second kappa shape index (κ2) is 15.9. The molecule has 1 N–H and O–H groups in total. The molecule has 2 saturated carbocycles. The molecular formula is C33H44N2O5S2. The smallest absolute Gasteiger partial charge is 0.314 e. The fraction of sp³-hybridized carbons (Fsp3) is 0.636. The summed E-state index contributed by atoms with van der Waals surface area (Å²) in [5.41, 5.74) is -0.0333. The molecule has 3 aliphatic rings. The van der Waals surface area contributed by atoms with E-state index < -0.39 is 5.91 Å². The van der Waals surface area contributed by atoms with Crippen LogP contribution in [0.25, 0.3) is 4.85 Å². The van der Waals surface area contributed by atoms with Gasteiger partial charge in [0, 0.05) is 7.05 Å². The summed E-state index contributed by atoms with van der Waals surface area (Å²) in [4.78, 5) is 43.6. The number of amides is 1. The van der Waals surface area contributed by atoms with Gasteiger partial charge in [-0.15, -0.1) is 0 Å². The van der Waals surface area contributed by atoms with Gasteiger partial charge in [0.1, 0.15) is 11.5 Å². The van der Waals surface area contributed by atoms with Gasteiger partial charge in [-0.2, -0.15) is 0 Å². The molecule has 0 aromatic heterocycles. The minimum atomic E-state index is -0.482. The van der Waals surface area contributed by atoms with Crippen LogP contribution in [0.2, 0.25) is 0 Å². The normalized spacial score (nSPS) is 23.4. The standard InChI is InChI=1S/C33H44N2O5S2/c1-5-7-9-21-11-15-23(16-12-21)31(37)39-25-19-20-26(29-28(25)41-33(42-29)27(34-3)30(36)35-4)40-32(38)24-17-13-22(14-18-24)10-8-6-2/h19-24H,5-18H2,1-2,4H3,(H,35,36). The highest BCUT2D eigenvalue weighted by atomic mass is 32.2. The Bertz CT molecular complexity index is 1130. The van der Waals surface area contributed by atoms with Gasteiger partial charge in [0.05, 0.1) is 32.4 Å². The number of fused-ring (bicyclic) bond motifs is 1. The Balaban J connectivity index is 1.50. The number of likely N-dealkylation sites (N-methyl/N-ethyl adjacent to an activating group) is 1. The lowest BCUT2D eigenvalue weighted by molar-refractivity contribution is -0.141. The monoisotopic (exact) mass is 612 g/mol. The molecule has 1 aromatic carbocycles. The van der Waals surface area contributed by atoms with Gasteiger partial charge in [0.25, 0.3) is 11.6 Å². The van der Waals surface area contributed by atoms with Crippen LogP contribution >= 0.6 is 23.5 Å². The summed E-state index contributed by atoms with van der Waals surface area (Å²) in [6.07, 6.45) is 14.8. The molecule has 0 unspecified atom stereocenters. The summed E-state index contributed by atoms with van der Waals surface area (Å²) in [6.45, 7) is 12.0. The zero-order valence-corrected chi connectivity index (χ0v) is 26.8. The van der Waals surface area contributed by atoms with Crippen molar-refractivity contribution in [2.75, 3.05) is 7.05 Å². The van der Waals surface area contributed by atoms with Crippen LogP contribution in [0.1, 0.15) is 104 Å². The van der Waals surface area contributed by atoms with Crippen molar-refractivity contribution in [1.82, 2.24) is 5.32 Å². The topological polar surface area (TPSA) is 86.1 Å². The van der Waals surface area contributed by atoms with E-state index in [1.54, 1.807) is 12.1 Å². The van der Waals surface area contributed by atoms with E-state index >= 15 is 0 Å². The van der Waals surface area contributed by atoms with Crippen LogP contribution in [-0.2, 0) is 14.4 Å². The average molecular weight is 613 g/mol. The molecule has 7 nitrogen and oxygen atoms in total. The maximum atomic E-state index is 13.2. The maximum Gasteiger partial charge on any atom is 0.314 e. The van der Waals surface area contributed by atoms with E-state index in [-0.39, 0.29) is 29.5 Å². The number of unbranched alkanes of at least 4 members (excludes halogenated alkanes) is 2. The van der Waals surface area contributed by atoms with Crippen molar-refractivity contribution < 1.29 is 23.9 Å². The Labute approximate surface area is 259 Å². The van der Waals surface area contributed by atoms with Gasteiger partial charge in [0.2, 0.25) is 0 Å². The van der Waals surface area contributed by atoms with Gasteiger partial charge in [-0.3, -0.25) is 14.4 Å². The van der Waals surface area contributed by atoms with Crippen LogP contribution < -0.4 is 14.8 Å². The molecule has 1 aliphatic heterocycles. The number of carbonyl (C=O) groups is 3. The third-order valence-electron chi connectivity index (χ3n) is 8.89. The first-order valence-electron chi connectivity index (χ1n) is 15.7. The first kappa shape index (κ1) is 32.5. The Morgan fingerprint density at radius 3 is 1.60 bits per heavy atom. The minimum absolute atomic E-state index is 0.0333. The number of rotatable bonds is 11. The van der Waals surface area contributed by atoms with Crippen LogP contribution in [0.4, 0.5) is 0 Å². The van der Waals surface area contributed by atoms with Crippen LogP contribution in [0.5, 0.6) is 11.5 Å². The quantitative estimate of drug-likeness (QED) is 0.116. The van der Waals surface area contributed by atoms with E-state index in [0.717, 1.165) is 51.4 Å². The lowest BCUT2D eigenvalue weighted by atomic mass is 9.80. The molecule has 2 aliphatic carbocycles.